The number of rotatable bonds is 8. The number of benzene rings is 3. The molecule has 0 saturated carbocycles. The maximum Gasteiger partial charge on any atom is 0.407 e. The Morgan fingerprint density at radius 2 is 1.47 bits per heavy atom. The summed E-state index contributed by atoms with van der Waals surface area (Å²) in [5.41, 5.74) is 0.908. The smallest absolute Gasteiger partial charge is 0.407 e. The quantitative estimate of drug-likeness (QED) is 0.520. The second-order valence-electron chi connectivity index (χ2n) is 7.12. The summed E-state index contributed by atoms with van der Waals surface area (Å²) in [4.78, 5) is 12.3. The number of hydrogen-bond donors (Lipinski definition) is 3. The van der Waals surface area contributed by atoms with Crippen LogP contribution in [0.3, 0.4) is 0 Å². The van der Waals surface area contributed by atoms with Crippen molar-refractivity contribution in [2.24, 2.45) is 0 Å². The Labute approximate surface area is 177 Å². The lowest BCUT2D eigenvalue weighted by molar-refractivity contribution is 0.0312. The van der Waals surface area contributed by atoms with Gasteiger partial charge in [0.05, 0.1) is 12.6 Å². The van der Waals surface area contributed by atoms with Crippen molar-refractivity contribution < 1.29 is 19.7 Å². The molecule has 0 aliphatic rings. The van der Waals surface area contributed by atoms with Crippen molar-refractivity contribution in [2.45, 2.75) is 31.4 Å². The van der Waals surface area contributed by atoms with Crippen LogP contribution in [-0.4, -0.2) is 29.0 Å². The highest BCUT2D eigenvalue weighted by molar-refractivity contribution is 5.68. The van der Waals surface area contributed by atoms with Crippen molar-refractivity contribution in [3.8, 4) is 5.75 Å². The molecule has 3 aromatic carbocycles. The Morgan fingerprint density at radius 3 is 1.97 bits per heavy atom. The number of carbonyl (C=O) groups excluding carboxylic acids is 1. The number of aromatic hydroxyl groups is 1. The van der Waals surface area contributed by atoms with E-state index in [1.165, 1.54) is 0 Å². The third kappa shape index (κ3) is 4.99. The van der Waals surface area contributed by atoms with E-state index >= 15 is 0 Å². The molecule has 0 heterocycles. The number of carbonyl (C=O) groups is 1. The number of alkyl carbamates (subject to hydrolysis) is 1. The molecule has 5 heteroatoms. The maximum absolute atomic E-state index is 12.3. The number of phenols is 1. The summed E-state index contributed by atoms with van der Waals surface area (Å²) in [5.74, 6) is 0.199. The standard InChI is InChI=1S/C25H27NO4/c1-2-30-24(28)26-23(18-15-19-13-16-22(27)17-14-19)25(29,20-9-5-3-6-10-20)21-11-7-4-8-12-21/h3-14,16-17,23,27,29H,2,15,18H2,1H3,(H,26,28)/t23-/m0/s1. The number of aliphatic hydroxyl groups is 1. The predicted molar refractivity (Wildman–Crippen MR) is 116 cm³/mol. The van der Waals surface area contributed by atoms with Crippen LogP contribution in [0.1, 0.15) is 30.0 Å². The molecular weight excluding hydrogens is 378 g/mol. The molecule has 1 amide bonds. The fourth-order valence-corrected chi connectivity index (χ4v) is 3.63. The van der Waals surface area contributed by atoms with Crippen molar-refractivity contribution in [2.75, 3.05) is 6.61 Å². The molecule has 0 radical (unpaired) electrons. The molecule has 5 nitrogen and oxygen atoms in total. The van der Waals surface area contributed by atoms with Crippen molar-refractivity contribution in [3.05, 3.63) is 102 Å². The molecule has 0 aliphatic carbocycles. The van der Waals surface area contributed by atoms with Gasteiger partial charge in [0.2, 0.25) is 0 Å². The topological polar surface area (TPSA) is 78.8 Å². The third-order valence-corrected chi connectivity index (χ3v) is 5.16. The van der Waals surface area contributed by atoms with Gasteiger partial charge in [0, 0.05) is 0 Å². The Hall–Kier alpha value is -3.31. The summed E-state index contributed by atoms with van der Waals surface area (Å²) >= 11 is 0. The normalized spacial score (nSPS) is 12.2. The van der Waals surface area contributed by atoms with E-state index in [-0.39, 0.29) is 12.4 Å². The largest absolute Gasteiger partial charge is 0.508 e. The predicted octanol–water partition coefficient (Wildman–Crippen LogP) is 4.38. The Balaban J connectivity index is 1.99. The molecule has 0 saturated heterocycles. The van der Waals surface area contributed by atoms with Gasteiger partial charge in [0.15, 0.2) is 0 Å². The molecule has 1 atom stereocenters. The Morgan fingerprint density at radius 1 is 0.933 bits per heavy atom. The van der Waals surface area contributed by atoms with E-state index < -0.39 is 17.7 Å². The lowest BCUT2D eigenvalue weighted by atomic mass is 9.78. The molecule has 3 rings (SSSR count). The maximum atomic E-state index is 12.3. The zero-order valence-corrected chi connectivity index (χ0v) is 17.0. The summed E-state index contributed by atoms with van der Waals surface area (Å²) in [5, 5.41) is 24.4. The summed E-state index contributed by atoms with van der Waals surface area (Å²) in [6.07, 6.45) is 0.488. The van der Waals surface area contributed by atoms with Crippen LogP contribution >= 0.6 is 0 Å². The first-order chi connectivity index (χ1) is 14.5. The monoisotopic (exact) mass is 405 g/mol. The van der Waals surface area contributed by atoms with E-state index in [4.69, 9.17) is 4.74 Å². The van der Waals surface area contributed by atoms with Crippen LogP contribution in [0.2, 0.25) is 0 Å². The Kier molecular flexibility index (Phi) is 7.09. The fraction of sp³-hybridized carbons (Fsp3) is 0.240. The molecule has 0 aliphatic heterocycles. The first-order valence-electron chi connectivity index (χ1n) is 10.1. The van der Waals surface area contributed by atoms with Crippen LogP contribution in [-0.2, 0) is 16.8 Å². The van der Waals surface area contributed by atoms with E-state index in [0.717, 1.165) is 5.56 Å². The number of amides is 1. The molecule has 0 unspecified atom stereocenters. The lowest BCUT2D eigenvalue weighted by Gasteiger charge is -2.37. The van der Waals surface area contributed by atoms with E-state index in [1.807, 2.05) is 72.8 Å². The highest BCUT2D eigenvalue weighted by atomic mass is 16.5. The average molecular weight is 405 g/mol. The molecule has 0 bridgehead atoms. The van der Waals surface area contributed by atoms with Crippen LogP contribution in [0.25, 0.3) is 0 Å². The van der Waals surface area contributed by atoms with E-state index in [1.54, 1.807) is 19.1 Å². The van der Waals surface area contributed by atoms with Gasteiger partial charge in [-0.1, -0.05) is 72.8 Å². The average Bonchev–Trinajstić information content (AvgIpc) is 2.78. The molecule has 30 heavy (non-hydrogen) atoms. The van der Waals surface area contributed by atoms with Gasteiger partial charge >= 0.3 is 6.09 Å². The van der Waals surface area contributed by atoms with E-state index in [0.29, 0.717) is 24.0 Å². The molecule has 0 spiro atoms. The van der Waals surface area contributed by atoms with Crippen LogP contribution < -0.4 is 5.32 Å². The zero-order chi connectivity index (χ0) is 21.4. The summed E-state index contributed by atoms with van der Waals surface area (Å²) in [6, 6.07) is 24.9. The number of aryl methyl sites for hydroxylation is 1. The number of phenolic OH excluding ortho intramolecular Hbond substituents is 1. The van der Waals surface area contributed by atoms with E-state index in [9.17, 15) is 15.0 Å². The molecule has 3 aromatic rings. The first-order valence-corrected chi connectivity index (χ1v) is 10.1. The van der Waals surface area contributed by atoms with Crippen LogP contribution in [0, 0.1) is 0 Å². The number of ether oxygens (including phenoxy) is 1. The third-order valence-electron chi connectivity index (χ3n) is 5.16. The first kappa shape index (κ1) is 21.4. The summed E-state index contributed by atoms with van der Waals surface area (Å²) < 4.78 is 5.11. The van der Waals surface area contributed by atoms with Crippen molar-refractivity contribution in [1.82, 2.24) is 5.32 Å². The summed E-state index contributed by atoms with van der Waals surface area (Å²) in [7, 11) is 0. The second-order valence-corrected chi connectivity index (χ2v) is 7.12. The van der Waals surface area contributed by atoms with Gasteiger partial charge in [-0.05, 0) is 48.6 Å². The van der Waals surface area contributed by atoms with Gasteiger partial charge in [-0.3, -0.25) is 0 Å². The van der Waals surface area contributed by atoms with Crippen molar-refractivity contribution in [3.63, 3.8) is 0 Å². The highest BCUT2D eigenvalue weighted by Crippen LogP contribution is 2.35. The summed E-state index contributed by atoms with van der Waals surface area (Å²) in [6.45, 7) is 1.98. The van der Waals surface area contributed by atoms with Crippen LogP contribution in [0.15, 0.2) is 84.9 Å². The number of hydrogen-bond acceptors (Lipinski definition) is 4. The van der Waals surface area contributed by atoms with Crippen LogP contribution in [0.5, 0.6) is 5.75 Å². The molecule has 3 N–H and O–H groups in total. The molecule has 0 aromatic heterocycles. The Bertz CT molecular complexity index is 887. The minimum Gasteiger partial charge on any atom is -0.508 e. The number of nitrogens with one attached hydrogen (secondary N) is 1. The minimum absolute atomic E-state index is 0.199. The van der Waals surface area contributed by atoms with Gasteiger partial charge < -0.3 is 20.3 Å². The van der Waals surface area contributed by atoms with Gasteiger partial charge in [0.25, 0.3) is 0 Å². The van der Waals surface area contributed by atoms with Crippen molar-refractivity contribution >= 4 is 6.09 Å². The van der Waals surface area contributed by atoms with Gasteiger partial charge in [-0.25, -0.2) is 4.79 Å². The van der Waals surface area contributed by atoms with Crippen molar-refractivity contribution in [1.29, 1.82) is 0 Å². The molecular formula is C25H27NO4. The molecule has 156 valence electrons. The molecule has 0 fully saturated rings. The zero-order valence-electron chi connectivity index (χ0n) is 17.0. The van der Waals surface area contributed by atoms with Gasteiger partial charge in [-0.2, -0.15) is 0 Å². The van der Waals surface area contributed by atoms with E-state index in [2.05, 4.69) is 5.32 Å². The highest BCUT2D eigenvalue weighted by Gasteiger charge is 2.41. The van der Waals surface area contributed by atoms with Crippen LogP contribution in [0.4, 0.5) is 4.79 Å². The lowest BCUT2D eigenvalue weighted by Crippen LogP contribution is -2.51. The second kappa shape index (κ2) is 9.94. The van der Waals surface area contributed by atoms with Gasteiger partial charge in [0.1, 0.15) is 11.4 Å². The van der Waals surface area contributed by atoms with Gasteiger partial charge in [-0.15, -0.1) is 0 Å². The minimum atomic E-state index is -1.45. The fourth-order valence-electron chi connectivity index (χ4n) is 3.63. The SMILES string of the molecule is CCOC(=O)N[C@@H](CCc1ccc(O)cc1)C(O)(c1ccccc1)c1ccccc1.